The summed E-state index contributed by atoms with van der Waals surface area (Å²) >= 11 is 1.15. The van der Waals surface area contributed by atoms with E-state index in [0.717, 1.165) is 30.0 Å². The van der Waals surface area contributed by atoms with Gasteiger partial charge < -0.3 is 10.6 Å². The van der Waals surface area contributed by atoms with E-state index in [1.54, 1.807) is 0 Å². The first-order valence-electron chi connectivity index (χ1n) is 9.02. The van der Waals surface area contributed by atoms with Crippen molar-refractivity contribution in [2.24, 2.45) is 0 Å². The molecular weight excluding hydrogens is 389 g/mol. The molecule has 0 atom stereocenters. The molecule has 28 heavy (non-hydrogen) atoms. The minimum atomic E-state index is -4.37. The summed E-state index contributed by atoms with van der Waals surface area (Å²) in [6.45, 7) is 9.73. The first-order chi connectivity index (χ1) is 13.1. The van der Waals surface area contributed by atoms with Gasteiger partial charge in [0, 0.05) is 30.9 Å². The van der Waals surface area contributed by atoms with Gasteiger partial charge in [-0.15, -0.1) is 0 Å². The molecule has 1 aromatic carbocycles. The number of aromatic nitrogens is 1. The molecule has 5 nitrogen and oxygen atoms in total. The molecule has 154 valence electrons. The topological polar surface area (TPSA) is 57.3 Å². The second kappa shape index (κ2) is 9.38. The van der Waals surface area contributed by atoms with Crippen molar-refractivity contribution >= 4 is 28.1 Å². The van der Waals surface area contributed by atoms with Gasteiger partial charge in [0.1, 0.15) is 4.88 Å². The van der Waals surface area contributed by atoms with E-state index in [2.05, 4.69) is 48.2 Å². The number of carbonyl (C=O) groups excluding carboxylic acids is 1. The highest BCUT2D eigenvalue weighted by molar-refractivity contribution is 7.17. The molecule has 1 aromatic heterocycles. The Labute approximate surface area is 167 Å². The lowest BCUT2D eigenvalue weighted by molar-refractivity contribution is -0.137. The fraction of sp³-hybridized carbons (Fsp3) is 0.474. The zero-order chi connectivity index (χ0) is 20.9. The fourth-order valence-electron chi connectivity index (χ4n) is 2.80. The third kappa shape index (κ3) is 6.20. The number of anilines is 2. The zero-order valence-electron chi connectivity index (χ0n) is 16.3. The van der Waals surface area contributed by atoms with Crippen LogP contribution < -0.4 is 10.6 Å². The van der Waals surface area contributed by atoms with Gasteiger partial charge in [-0.1, -0.05) is 11.3 Å². The average Bonchev–Trinajstić information content (AvgIpc) is 3.06. The Balaban J connectivity index is 1.90. The van der Waals surface area contributed by atoms with Crippen molar-refractivity contribution in [3.63, 3.8) is 0 Å². The van der Waals surface area contributed by atoms with Gasteiger partial charge in [-0.3, -0.25) is 9.69 Å². The summed E-state index contributed by atoms with van der Waals surface area (Å²) in [5.41, 5.74) is -0.243. The monoisotopic (exact) mass is 414 g/mol. The van der Waals surface area contributed by atoms with Crippen LogP contribution in [0.5, 0.6) is 0 Å². The largest absolute Gasteiger partial charge is 0.416 e. The number of thiazole rings is 1. The molecule has 0 radical (unpaired) electrons. The number of amides is 1. The molecule has 9 heteroatoms. The average molecular weight is 414 g/mol. The number of rotatable bonds is 8. The van der Waals surface area contributed by atoms with Crippen LogP contribution in [0.3, 0.4) is 0 Å². The second-order valence-corrected chi connectivity index (χ2v) is 7.94. The lowest BCUT2D eigenvalue weighted by atomic mass is 10.2. The van der Waals surface area contributed by atoms with Crippen LogP contribution in [0, 0.1) is 0 Å². The van der Waals surface area contributed by atoms with Crippen molar-refractivity contribution in [2.45, 2.75) is 46.0 Å². The van der Waals surface area contributed by atoms with Crippen LogP contribution in [0.2, 0.25) is 0 Å². The molecule has 0 saturated carbocycles. The number of alkyl halides is 3. The van der Waals surface area contributed by atoms with Crippen LogP contribution in [-0.2, 0) is 6.18 Å². The summed E-state index contributed by atoms with van der Waals surface area (Å²) in [4.78, 5) is 19.1. The number of hydrogen-bond donors (Lipinski definition) is 2. The quantitative estimate of drug-likeness (QED) is 0.654. The zero-order valence-corrected chi connectivity index (χ0v) is 17.1. The van der Waals surface area contributed by atoms with Gasteiger partial charge in [0.05, 0.1) is 11.8 Å². The number of hydrogen-bond acceptors (Lipinski definition) is 5. The SMILES string of the molecule is CC(C)N(CCNC(=O)c1cnc(Nc2ccc(C(F)(F)F)cc2)s1)C(C)C. The Hall–Kier alpha value is -2.13. The molecule has 0 unspecified atom stereocenters. The maximum absolute atomic E-state index is 12.6. The highest BCUT2D eigenvalue weighted by Gasteiger charge is 2.29. The maximum Gasteiger partial charge on any atom is 0.416 e. The minimum Gasteiger partial charge on any atom is -0.350 e. The maximum atomic E-state index is 12.6. The third-order valence-electron chi connectivity index (χ3n) is 4.18. The number of nitrogens with one attached hydrogen (secondary N) is 2. The van der Waals surface area contributed by atoms with E-state index in [4.69, 9.17) is 0 Å². The lowest BCUT2D eigenvalue weighted by Crippen LogP contribution is -2.42. The van der Waals surface area contributed by atoms with E-state index in [9.17, 15) is 18.0 Å². The molecular formula is C19H25F3N4OS. The highest BCUT2D eigenvalue weighted by atomic mass is 32.1. The highest BCUT2D eigenvalue weighted by Crippen LogP contribution is 2.30. The Morgan fingerprint density at radius 3 is 2.29 bits per heavy atom. The predicted octanol–water partition coefficient (Wildman–Crippen LogP) is 4.75. The Kier molecular flexibility index (Phi) is 7.42. The molecule has 0 fully saturated rings. The van der Waals surface area contributed by atoms with Crippen LogP contribution >= 0.6 is 11.3 Å². The van der Waals surface area contributed by atoms with Gasteiger partial charge >= 0.3 is 6.18 Å². The van der Waals surface area contributed by atoms with Gasteiger partial charge in [-0.25, -0.2) is 4.98 Å². The van der Waals surface area contributed by atoms with Crippen molar-refractivity contribution in [1.82, 2.24) is 15.2 Å². The summed E-state index contributed by atoms with van der Waals surface area (Å²) in [6.07, 6.45) is -2.92. The summed E-state index contributed by atoms with van der Waals surface area (Å²) in [6, 6.07) is 5.43. The molecule has 0 aliphatic rings. The molecule has 0 saturated heterocycles. The Morgan fingerprint density at radius 1 is 1.14 bits per heavy atom. The van der Waals surface area contributed by atoms with Gasteiger partial charge in [0.2, 0.25) is 0 Å². The Bertz CT molecular complexity index is 764. The molecule has 1 heterocycles. The first-order valence-corrected chi connectivity index (χ1v) is 9.83. The standard InChI is InChI=1S/C19H25F3N4OS/c1-12(2)26(13(3)4)10-9-23-17(27)16-11-24-18(28-16)25-15-7-5-14(6-8-15)19(20,21)22/h5-8,11-13H,9-10H2,1-4H3,(H,23,27)(H,24,25). The first kappa shape index (κ1) is 22.2. The predicted molar refractivity (Wildman–Crippen MR) is 106 cm³/mol. The Morgan fingerprint density at radius 2 is 1.75 bits per heavy atom. The van der Waals surface area contributed by atoms with Crippen LogP contribution in [0.25, 0.3) is 0 Å². The molecule has 2 aromatic rings. The van der Waals surface area contributed by atoms with Crippen molar-refractivity contribution in [1.29, 1.82) is 0 Å². The van der Waals surface area contributed by atoms with E-state index < -0.39 is 11.7 Å². The van der Waals surface area contributed by atoms with Gasteiger partial charge in [0.15, 0.2) is 5.13 Å². The summed E-state index contributed by atoms with van der Waals surface area (Å²) in [5.74, 6) is -0.217. The van der Waals surface area contributed by atoms with Crippen LogP contribution in [0.1, 0.15) is 42.9 Å². The molecule has 1 amide bonds. The third-order valence-corrected chi connectivity index (χ3v) is 5.09. The minimum absolute atomic E-state index is 0.217. The van der Waals surface area contributed by atoms with E-state index in [0.29, 0.717) is 34.3 Å². The van der Waals surface area contributed by atoms with Crippen molar-refractivity contribution < 1.29 is 18.0 Å². The van der Waals surface area contributed by atoms with Gasteiger partial charge in [-0.2, -0.15) is 13.2 Å². The van der Waals surface area contributed by atoms with E-state index in [1.807, 2.05) is 0 Å². The fourth-order valence-corrected chi connectivity index (χ4v) is 3.55. The molecule has 2 rings (SSSR count). The molecule has 0 aliphatic carbocycles. The van der Waals surface area contributed by atoms with Gasteiger partial charge in [-0.05, 0) is 52.0 Å². The summed E-state index contributed by atoms with van der Waals surface area (Å²) in [5, 5.41) is 6.23. The van der Waals surface area contributed by atoms with E-state index >= 15 is 0 Å². The molecule has 0 bridgehead atoms. The summed E-state index contributed by atoms with van der Waals surface area (Å²) < 4.78 is 37.8. The smallest absolute Gasteiger partial charge is 0.350 e. The molecule has 0 aliphatic heterocycles. The van der Waals surface area contributed by atoms with E-state index in [1.165, 1.54) is 18.3 Å². The van der Waals surface area contributed by atoms with Crippen molar-refractivity contribution in [3.8, 4) is 0 Å². The second-order valence-electron chi connectivity index (χ2n) is 6.91. The number of halogens is 3. The normalized spacial score (nSPS) is 12.1. The van der Waals surface area contributed by atoms with Crippen LogP contribution in [-0.4, -0.2) is 41.0 Å². The molecule has 0 spiro atoms. The van der Waals surface area contributed by atoms with E-state index in [-0.39, 0.29) is 5.91 Å². The van der Waals surface area contributed by atoms with Crippen LogP contribution in [0.4, 0.5) is 24.0 Å². The summed E-state index contributed by atoms with van der Waals surface area (Å²) in [7, 11) is 0. The van der Waals surface area contributed by atoms with Crippen LogP contribution in [0.15, 0.2) is 30.5 Å². The van der Waals surface area contributed by atoms with Crippen molar-refractivity contribution in [2.75, 3.05) is 18.4 Å². The molecule has 2 N–H and O–H groups in total. The number of benzene rings is 1. The number of nitrogens with zero attached hydrogens (tertiary/aromatic N) is 2. The number of carbonyl (C=O) groups is 1. The van der Waals surface area contributed by atoms with Gasteiger partial charge in [0.25, 0.3) is 5.91 Å². The lowest BCUT2D eigenvalue weighted by Gasteiger charge is -2.30. The van der Waals surface area contributed by atoms with Crippen molar-refractivity contribution in [3.05, 3.63) is 40.9 Å².